The van der Waals surface area contributed by atoms with Crippen molar-refractivity contribution in [1.82, 2.24) is 9.97 Å². The van der Waals surface area contributed by atoms with Crippen LogP contribution in [0.1, 0.15) is 17.3 Å². The molecule has 1 heterocycles. The third-order valence-corrected chi connectivity index (χ3v) is 5.22. The number of H-pyrrole nitrogens is 1. The van der Waals surface area contributed by atoms with Crippen LogP contribution in [-0.4, -0.2) is 33.6 Å². The van der Waals surface area contributed by atoms with Crippen molar-refractivity contribution in [3.05, 3.63) is 52.3 Å². The molecule has 0 spiro atoms. The Hall–Kier alpha value is -1.95. The van der Waals surface area contributed by atoms with E-state index in [0.29, 0.717) is 6.08 Å². The lowest BCUT2D eigenvalue weighted by molar-refractivity contribution is -0.361. The van der Waals surface area contributed by atoms with E-state index in [1.54, 1.807) is 4.98 Å². The highest BCUT2D eigenvalue weighted by Gasteiger charge is 2.74. The average Bonchev–Trinajstić information content (AvgIpc) is 3.02. The summed E-state index contributed by atoms with van der Waals surface area (Å²) in [4.78, 5) is 4.80. The third-order valence-electron chi connectivity index (χ3n) is 4.50. The highest BCUT2D eigenvalue weighted by molar-refractivity contribution is 6.32. The molecule has 0 radical (unpaired) electrons. The molecule has 1 aromatic heterocycles. The van der Waals surface area contributed by atoms with Gasteiger partial charge in [-0.2, -0.15) is 43.9 Å². The second-order valence-corrected chi connectivity index (χ2v) is 7.48. The van der Waals surface area contributed by atoms with Gasteiger partial charge in [-0.1, -0.05) is 29.8 Å². The van der Waals surface area contributed by atoms with Gasteiger partial charge in [-0.05, 0) is 17.7 Å². The Labute approximate surface area is 176 Å². The van der Waals surface area contributed by atoms with E-state index in [0.717, 1.165) is 24.3 Å². The Balaban J connectivity index is 2.03. The number of nitrogens with one attached hydrogen (secondary N) is 1. The number of rotatable bonds is 3. The molecule has 1 N–H and O–H groups in total. The number of fused-ring (bicyclic) bond motifs is 1. The third kappa shape index (κ3) is 3.99. The average molecular weight is 501 g/mol. The molecule has 0 saturated heterocycles. The van der Waals surface area contributed by atoms with Crippen molar-refractivity contribution in [3.63, 3.8) is 0 Å². The monoisotopic (exact) mass is 500 g/mol. The van der Waals surface area contributed by atoms with Crippen molar-refractivity contribution in [3.8, 4) is 0 Å². The van der Waals surface area contributed by atoms with Gasteiger partial charge >= 0.3 is 24.2 Å². The van der Waals surface area contributed by atoms with Crippen LogP contribution >= 0.6 is 23.2 Å². The number of allylic oxidation sites excluding steroid dienone is 4. The molecule has 2 nitrogen and oxygen atoms in total. The number of nitrogens with zero attached hydrogens (tertiary/aromatic N) is 1. The van der Waals surface area contributed by atoms with E-state index in [4.69, 9.17) is 23.2 Å². The van der Waals surface area contributed by atoms with Gasteiger partial charge in [0.05, 0.1) is 22.0 Å². The molecule has 31 heavy (non-hydrogen) atoms. The van der Waals surface area contributed by atoms with E-state index in [-0.39, 0.29) is 10.6 Å². The molecule has 3 rings (SSSR count). The number of aromatic amines is 1. The highest BCUT2D eigenvalue weighted by atomic mass is 35.5. The van der Waals surface area contributed by atoms with E-state index in [1.807, 2.05) is 0 Å². The molecular weight excluding hydrogens is 493 g/mol. The zero-order valence-electron chi connectivity index (χ0n) is 14.5. The van der Waals surface area contributed by atoms with Gasteiger partial charge in [-0.25, -0.2) is 4.98 Å². The Morgan fingerprint density at radius 3 is 2.06 bits per heavy atom. The van der Waals surface area contributed by atoms with Crippen LogP contribution in [0.5, 0.6) is 0 Å². The van der Waals surface area contributed by atoms with Gasteiger partial charge in [0.1, 0.15) is 0 Å². The molecule has 170 valence electrons. The Morgan fingerprint density at radius 1 is 0.935 bits per heavy atom. The van der Waals surface area contributed by atoms with Crippen LogP contribution in [0.15, 0.2) is 35.9 Å². The maximum atomic E-state index is 13.9. The van der Waals surface area contributed by atoms with Crippen LogP contribution in [0.3, 0.4) is 0 Å². The first-order valence-corrected chi connectivity index (χ1v) is 8.91. The fourth-order valence-electron chi connectivity index (χ4n) is 2.89. The summed E-state index contributed by atoms with van der Waals surface area (Å²) in [5.74, 6) is -15.1. The second kappa shape index (κ2) is 7.29. The lowest BCUT2D eigenvalue weighted by Gasteiger charge is -2.26. The van der Waals surface area contributed by atoms with Crippen molar-refractivity contribution in [2.75, 3.05) is 0 Å². The van der Waals surface area contributed by atoms with Crippen molar-refractivity contribution in [1.29, 1.82) is 0 Å². The summed E-state index contributed by atoms with van der Waals surface area (Å²) >= 11 is 12.0. The molecule has 1 aromatic carbocycles. The first kappa shape index (κ1) is 23.7. The van der Waals surface area contributed by atoms with E-state index in [1.165, 1.54) is 0 Å². The molecule has 2 atom stereocenters. The summed E-state index contributed by atoms with van der Waals surface area (Å²) in [6, 6.07) is 1.89. The fourth-order valence-corrected chi connectivity index (χ4v) is 3.53. The molecule has 0 fully saturated rings. The van der Waals surface area contributed by atoms with Gasteiger partial charge in [-0.3, -0.25) is 0 Å². The van der Waals surface area contributed by atoms with Crippen molar-refractivity contribution < 1.29 is 43.9 Å². The molecule has 1 aliphatic rings. The van der Waals surface area contributed by atoms with Gasteiger partial charge in [0, 0.05) is 10.9 Å². The number of benzene rings is 1. The van der Waals surface area contributed by atoms with Crippen LogP contribution in [0, 0.1) is 0 Å². The molecule has 1 aliphatic carbocycles. The number of alkyl halides is 11. The molecule has 2 unspecified atom stereocenters. The maximum Gasteiger partial charge on any atom is 0.460 e. The topological polar surface area (TPSA) is 28.7 Å². The lowest BCUT2D eigenvalue weighted by atomic mass is 9.89. The Bertz CT molecular complexity index is 1070. The molecule has 2 aromatic rings. The predicted octanol–water partition coefficient (Wildman–Crippen LogP) is 7.26. The SMILES string of the molecule is FC(F)(F)C1=CC(Cl)C(c2cc3[nH]c(C(F)(F)C(F)(F)C(F)(F)F)nc3cc2Cl)C=C1. The zero-order chi connectivity index (χ0) is 23.6. The summed E-state index contributed by atoms with van der Waals surface area (Å²) in [5.41, 5.74) is -1.86. The Morgan fingerprint density at radius 2 is 1.55 bits per heavy atom. The quantitative estimate of drug-likeness (QED) is 0.348. The number of halogens is 12. The molecule has 0 bridgehead atoms. The molecule has 0 aliphatic heterocycles. The van der Waals surface area contributed by atoms with Gasteiger partial charge in [0.15, 0.2) is 5.82 Å². The van der Waals surface area contributed by atoms with Crippen LogP contribution in [0.2, 0.25) is 5.02 Å². The van der Waals surface area contributed by atoms with Crippen LogP contribution in [-0.2, 0) is 5.92 Å². The summed E-state index contributed by atoms with van der Waals surface area (Å²) in [7, 11) is 0. The lowest BCUT2D eigenvalue weighted by Crippen LogP contribution is -2.50. The predicted molar refractivity (Wildman–Crippen MR) is 91.7 cm³/mol. The van der Waals surface area contributed by atoms with Gasteiger partial charge in [0.25, 0.3) is 0 Å². The smallest absolute Gasteiger partial charge is 0.337 e. The first-order valence-electron chi connectivity index (χ1n) is 8.10. The van der Waals surface area contributed by atoms with Crippen LogP contribution < -0.4 is 0 Å². The normalized spacial score (nSPS) is 21.0. The van der Waals surface area contributed by atoms with Gasteiger partial charge in [0.2, 0.25) is 0 Å². The van der Waals surface area contributed by atoms with Crippen LogP contribution in [0.25, 0.3) is 11.0 Å². The molecule has 0 saturated carbocycles. The standard InChI is InChI=1S/C17H8Cl2F10N2/c18-9-3-6(15(22,23)24)1-2-7(9)8-4-11-12(5-10(8)19)31-13(30-11)14(20,21)16(25,26)17(27,28)29/h1-5,7,9H,(H,30,31). The summed E-state index contributed by atoms with van der Waals surface area (Å²) in [6.07, 6.45) is -8.75. The fraction of sp³-hybridized carbons (Fsp3) is 0.353. The largest absolute Gasteiger partial charge is 0.460 e. The number of aromatic nitrogens is 2. The van der Waals surface area contributed by atoms with E-state index >= 15 is 0 Å². The first-order chi connectivity index (χ1) is 14.0. The number of hydrogen-bond donors (Lipinski definition) is 1. The number of imidazole rings is 1. The minimum Gasteiger partial charge on any atom is -0.337 e. The van der Waals surface area contributed by atoms with E-state index in [9.17, 15) is 43.9 Å². The van der Waals surface area contributed by atoms with Crippen molar-refractivity contribution in [2.24, 2.45) is 0 Å². The summed E-state index contributed by atoms with van der Waals surface area (Å²) < 4.78 is 130. The minimum atomic E-state index is -6.56. The minimum absolute atomic E-state index is 0.0176. The Kier molecular flexibility index (Phi) is 5.58. The number of hydrogen-bond acceptors (Lipinski definition) is 1. The zero-order valence-corrected chi connectivity index (χ0v) is 16.0. The highest BCUT2D eigenvalue weighted by Crippen LogP contribution is 2.51. The van der Waals surface area contributed by atoms with Gasteiger partial charge < -0.3 is 4.98 Å². The van der Waals surface area contributed by atoms with E-state index in [2.05, 4.69) is 4.98 Å². The molecular formula is C17H8Cl2F10N2. The maximum absolute atomic E-state index is 13.9. The van der Waals surface area contributed by atoms with Crippen molar-refractivity contribution in [2.45, 2.75) is 35.5 Å². The van der Waals surface area contributed by atoms with Crippen molar-refractivity contribution >= 4 is 34.2 Å². The summed E-state index contributed by atoms with van der Waals surface area (Å²) in [6.45, 7) is 0. The van der Waals surface area contributed by atoms with E-state index < -0.39 is 57.9 Å². The summed E-state index contributed by atoms with van der Waals surface area (Å²) in [5, 5.41) is -1.49. The second-order valence-electron chi connectivity index (χ2n) is 6.57. The molecule has 0 amide bonds. The van der Waals surface area contributed by atoms with Crippen LogP contribution in [0.4, 0.5) is 43.9 Å². The molecule has 14 heteroatoms. The van der Waals surface area contributed by atoms with Gasteiger partial charge in [-0.15, -0.1) is 11.6 Å².